The zero-order chi connectivity index (χ0) is 21.0. The van der Waals surface area contributed by atoms with Crippen LogP contribution in [0.15, 0.2) is 42.5 Å². The molecule has 154 valence electrons. The van der Waals surface area contributed by atoms with Gasteiger partial charge in [0.15, 0.2) is 11.5 Å². The number of hydrogen-bond acceptors (Lipinski definition) is 5. The van der Waals surface area contributed by atoms with Crippen LogP contribution in [0.4, 0.5) is 0 Å². The molecule has 1 saturated carbocycles. The zero-order valence-corrected chi connectivity index (χ0v) is 17.0. The van der Waals surface area contributed by atoms with Gasteiger partial charge < -0.3 is 9.47 Å². The van der Waals surface area contributed by atoms with Crippen molar-refractivity contribution < 1.29 is 23.9 Å². The molecule has 0 N–H and O–H groups in total. The van der Waals surface area contributed by atoms with Gasteiger partial charge in [0.25, 0.3) is 0 Å². The number of amides is 2. The number of ketones is 1. The van der Waals surface area contributed by atoms with Crippen LogP contribution in [0, 0.1) is 11.8 Å². The summed E-state index contributed by atoms with van der Waals surface area (Å²) in [5.74, 6) is -0.654. The van der Waals surface area contributed by atoms with Crippen molar-refractivity contribution in [2.75, 3.05) is 20.8 Å². The van der Waals surface area contributed by atoms with Gasteiger partial charge in [-0.2, -0.15) is 0 Å². The fourth-order valence-corrected chi connectivity index (χ4v) is 5.52. The lowest BCUT2D eigenvalue weighted by atomic mass is 9.56. The van der Waals surface area contributed by atoms with Crippen LogP contribution in [0.1, 0.15) is 34.9 Å². The molecule has 2 amide bonds. The lowest BCUT2D eigenvalue weighted by molar-refractivity contribution is -0.140. The van der Waals surface area contributed by atoms with Crippen LogP contribution in [0.3, 0.4) is 0 Å². The minimum absolute atomic E-state index is 0.0860. The summed E-state index contributed by atoms with van der Waals surface area (Å²) in [5, 5.41) is 0. The molecule has 6 rings (SSSR count). The third kappa shape index (κ3) is 2.59. The van der Waals surface area contributed by atoms with Crippen molar-refractivity contribution in [2.24, 2.45) is 11.8 Å². The highest BCUT2D eigenvalue weighted by molar-refractivity contribution is 6.11. The second-order valence-corrected chi connectivity index (χ2v) is 8.20. The van der Waals surface area contributed by atoms with Crippen LogP contribution >= 0.6 is 0 Å². The van der Waals surface area contributed by atoms with E-state index in [9.17, 15) is 14.4 Å². The second-order valence-electron chi connectivity index (χ2n) is 8.20. The van der Waals surface area contributed by atoms with E-state index in [1.165, 1.54) is 4.90 Å². The molecule has 6 nitrogen and oxygen atoms in total. The van der Waals surface area contributed by atoms with E-state index in [2.05, 4.69) is 0 Å². The number of methoxy groups -OCH3 is 2. The number of nitrogens with zero attached hydrogens (tertiary/aromatic N) is 1. The van der Waals surface area contributed by atoms with E-state index in [1.54, 1.807) is 14.2 Å². The largest absolute Gasteiger partial charge is 0.493 e. The van der Waals surface area contributed by atoms with E-state index < -0.39 is 17.8 Å². The summed E-state index contributed by atoms with van der Waals surface area (Å²) in [6.45, 7) is 0.296. The maximum absolute atomic E-state index is 13.3. The molecule has 2 bridgehead atoms. The van der Waals surface area contributed by atoms with Gasteiger partial charge in [-0.1, -0.05) is 30.3 Å². The lowest BCUT2D eigenvalue weighted by Gasteiger charge is -2.43. The Morgan fingerprint density at radius 1 is 0.900 bits per heavy atom. The van der Waals surface area contributed by atoms with Crippen LogP contribution < -0.4 is 9.47 Å². The number of hydrogen-bond donors (Lipinski definition) is 0. The van der Waals surface area contributed by atoms with Crippen molar-refractivity contribution in [3.8, 4) is 11.5 Å². The number of Topliss-reactive ketones (excluding diaryl/α,β-unsaturated/α-hetero) is 1. The van der Waals surface area contributed by atoms with E-state index in [1.807, 2.05) is 42.5 Å². The molecular formula is C24H23NO5. The van der Waals surface area contributed by atoms with Crippen LogP contribution in [0.2, 0.25) is 0 Å². The minimum Gasteiger partial charge on any atom is -0.493 e. The van der Waals surface area contributed by atoms with Crippen molar-refractivity contribution in [1.29, 1.82) is 0 Å². The summed E-state index contributed by atoms with van der Waals surface area (Å²) < 4.78 is 10.6. The fraction of sp³-hybridized carbons (Fsp3) is 0.375. The van der Waals surface area contributed by atoms with E-state index in [-0.39, 0.29) is 23.5 Å². The van der Waals surface area contributed by atoms with Crippen LogP contribution in [-0.4, -0.2) is 43.3 Å². The Bertz CT molecular complexity index is 1060. The maximum atomic E-state index is 13.3. The summed E-state index contributed by atoms with van der Waals surface area (Å²) in [4.78, 5) is 40.6. The van der Waals surface area contributed by atoms with Crippen molar-refractivity contribution in [1.82, 2.24) is 4.90 Å². The lowest BCUT2D eigenvalue weighted by Crippen LogP contribution is -2.44. The van der Waals surface area contributed by atoms with Gasteiger partial charge in [-0.15, -0.1) is 0 Å². The number of rotatable bonds is 5. The number of carbonyl (C=O) groups excluding carboxylic acids is 3. The SMILES string of the molecule is COc1ccc(CCN2C(=O)[C@@H]3[C@@H](C2=O)[C@H]2CC(=O)[C@@H]3c3ccccc32)cc1OC. The molecule has 4 aliphatic rings. The van der Waals surface area contributed by atoms with Gasteiger partial charge in [0.05, 0.1) is 32.0 Å². The molecule has 0 spiro atoms. The Morgan fingerprint density at radius 3 is 2.33 bits per heavy atom. The molecule has 6 heteroatoms. The second kappa shape index (κ2) is 6.97. The van der Waals surface area contributed by atoms with Crippen LogP contribution in [0.5, 0.6) is 11.5 Å². The topological polar surface area (TPSA) is 72.9 Å². The molecule has 0 aromatic heterocycles. The monoisotopic (exact) mass is 405 g/mol. The average Bonchev–Trinajstić information content (AvgIpc) is 3.03. The van der Waals surface area contributed by atoms with Crippen molar-refractivity contribution in [3.05, 3.63) is 59.2 Å². The number of benzene rings is 2. The number of likely N-dealkylation sites (tertiary alicyclic amines) is 1. The molecule has 2 aromatic carbocycles. The fourth-order valence-electron chi connectivity index (χ4n) is 5.52. The molecule has 30 heavy (non-hydrogen) atoms. The van der Waals surface area contributed by atoms with E-state index >= 15 is 0 Å². The average molecular weight is 405 g/mol. The van der Waals surface area contributed by atoms with E-state index in [0.717, 1.165) is 16.7 Å². The number of fused-ring (bicyclic) bond motifs is 1. The molecule has 0 radical (unpaired) electrons. The van der Waals surface area contributed by atoms with Crippen molar-refractivity contribution in [3.63, 3.8) is 0 Å². The summed E-state index contributed by atoms with van der Waals surface area (Å²) >= 11 is 0. The standard InChI is InChI=1S/C24H23NO5/c1-29-18-8-7-13(11-19(18)30-2)9-10-25-23(27)21-16-12-17(26)20(22(21)24(25)28)15-6-4-3-5-14(15)16/h3-8,11,16,20-22H,9-10,12H2,1-2H3/t16-,20-,21-,22-/m0/s1. The summed E-state index contributed by atoms with van der Waals surface area (Å²) in [6, 6.07) is 13.4. The minimum atomic E-state index is -0.552. The van der Waals surface area contributed by atoms with E-state index in [4.69, 9.17) is 9.47 Å². The van der Waals surface area contributed by atoms with Crippen LogP contribution in [-0.2, 0) is 20.8 Å². The maximum Gasteiger partial charge on any atom is 0.234 e. The van der Waals surface area contributed by atoms with Crippen molar-refractivity contribution in [2.45, 2.75) is 24.7 Å². The van der Waals surface area contributed by atoms with Gasteiger partial charge in [-0.25, -0.2) is 0 Å². The quantitative estimate of drug-likeness (QED) is 0.715. The molecule has 0 unspecified atom stereocenters. The smallest absolute Gasteiger partial charge is 0.234 e. The Morgan fingerprint density at radius 2 is 1.60 bits per heavy atom. The Labute approximate surface area is 174 Å². The number of ether oxygens (including phenoxy) is 2. The summed E-state index contributed by atoms with van der Waals surface area (Å²) in [5.41, 5.74) is 2.94. The van der Waals surface area contributed by atoms with Gasteiger partial charge in [0, 0.05) is 18.9 Å². The molecule has 4 atom stereocenters. The van der Waals surface area contributed by atoms with Gasteiger partial charge in [-0.05, 0) is 35.2 Å². The highest BCUT2D eigenvalue weighted by Crippen LogP contribution is 2.57. The van der Waals surface area contributed by atoms with Crippen molar-refractivity contribution >= 4 is 17.6 Å². The summed E-state index contributed by atoms with van der Waals surface area (Å²) in [7, 11) is 3.15. The first-order valence-corrected chi connectivity index (χ1v) is 10.2. The van der Waals surface area contributed by atoms with Gasteiger partial charge >= 0.3 is 0 Å². The first-order chi connectivity index (χ1) is 14.5. The van der Waals surface area contributed by atoms with Crippen LogP contribution in [0.25, 0.3) is 0 Å². The normalized spacial score (nSPS) is 26.6. The Kier molecular flexibility index (Phi) is 4.38. The zero-order valence-electron chi connectivity index (χ0n) is 17.0. The molecule has 3 aliphatic carbocycles. The highest BCUT2D eigenvalue weighted by atomic mass is 16.5. The van der Waals surface area contributed by atoms with Gasteiger partial charge in [-0.3, -0.25) is 19.3 Å². The van der Waals surface area contributed by atoms with Gasteiger partial charge in [0.1, 0.15) is 5.78 Å². The third-order valence-electron chi connectivity index (χ3n) is 6.85. The molecule has 2 aromatic rings. The first-order valence-electron chi connectivity index (χ1n) is 10.2. The Hall–Kier alpha value is -3.15. The summed E-state index contributed by atoms with van der Waals surface area (Å²) in [6.07, 6.45) is 0.874. The molecule has 1 saturated heterocycles. The number of carbonyl (C=O) groups is 3. The first kappa shape index (κ1) is 18.9. The molecule has 1 aliphatic heterocycles. The molecule has 1 heterocycles. The Balaban J connectivity index is 1.41. The third-order valence-corrected chi connectivity index (χ3v) is 6.85. The number of imide groups is 1. The van der Waals surface area contributed by atoms with E-state index in [0.29, 0.717) is 30.9 Å². The predicted octanol–water partition coefficient (Wildman–Crippen LogP) is 2.70. The molecular weight excluding hydrogens is 382 g/mol. The molecule has 2 fully saturated rings. The predicted molar refractivity (Wildman–Crippen MR) is 108 cm³/mol. The highest BCUT2D eigenvalue weighted by Gasteiger charge is 2.62. The van der Waals surface area contributed by atoms with Gasteiger partial charge in [0.2, 0.25) is 11.8 Å².